The van der Waals surface area contributed by atoms with Crippen molar-refractivity contribution in [2.24, 2.45) is 0 Å². The SMILES string of the molecule is COc1cc(C#N)ccc1NC(=O)c1ccc(SC)cc1. The Balaban J connectivity index is 2.20. The first kappa shape index (κ1) is 14.9. The van der Waals surface area contributed by atoms with Crippen LogP contribution in [0.2, 0.25) is 0 Å². The zero-order valence-corrected chi connectivity index (χ0v) is 12.5. The summed E-state index contributed by atoms with van der Waals surface area (Å²) in [7, 11) is 1.50. The summed E-state index contributed by atoms with van der Waals surface area (Å²) in [4.78, 5) is 13.3. The first-order chi connectivity index (χ1) is 10.2. The Morgan fingerprint density at radius 2 is 1.95 bits per heavy atom. The van der Waals surface area contributed by atoms with Gasteiger partial charge in [-0.25, -0.2) is 0 Å². The Kier molecular flexibility index (Phi) is 4.85. The second kappa shape index (κ2) is 6.82. The number of anilines is 1. The molecule has 0 radical (unpaired) electrons. The van der Waals surface area contributed by atoms with Crippen LogP contribution in [-0.2, 0) is 0 Å². The number of hydrogen-bond acceptors (Lipinski definition) is 4. The molecular weight excluding hydrogens is 284 g/mol. The summed E-state index contributed by atoms with van der Waals surface area (Å²) >= 11 is 1.62. The van der Waals surface area contributed by atoms with Gasteiger partial charge in [0.05, 0.1) is 24.4 Å². The maximum atomic E-state index is 12.2. The number of carbonyl (C=O) groups excluding carboxylic acids is 1. The van der Waals surface area contributed by atoms with Crippen LogP contribution in [0.3, 0.4) is 0 Å². The van der Waals surface area contributed by atoms with Crippen molar-refractivity contribution in [1.82, 2.24) is 0 Å². The Morgan fingerprint density at radius 3 is 2.52 bits per heavy atom. The number of amides is 1. The topological polar surface area (TPSA) is 62.1 Å². The van der Waals surface area contributed by atoms with E-state index in [0.717, 1.165) is 4.90 Å². The van der Waals surface area contributed by atoms with E-state index in [0.29, 0.717) is 22.6 Å². The van der Waals surface area contributed by atoms with E-state index in [1.165, 1.54) is 7.11 Å². The van der Waals surface area contributed by atoms with Gasteiger partial charge < -0.3 is 10.1 Å². The second-order valence-corrected chi connectivity index (χ2v) is 5.09. The largest absolute Gasteiger partial charge is 0.495 e. The standard InChI is InChI=1S/C16H14N2O2S/c1-20-15-9-11(10-17)3-8-14(15)18-16(19)12-4-6-13(21-2)7-5-12/h3-9H,1-2H3,(H,18,19). The zero-order valence-electron chi connectivity index (χ0n) is 11.7. The van der Waals surface area contributed by atoms with Gasteiger partial charge in [-0.1, -0.05) is 0 Å². The van der Waals surface area contributed by atoms with Crippen LogP contribution in [0.15, 0.2) is 47.4 Å². The van der Waals surface area contributed by atoms with Gasteiger partial charge in [0, 0.05) is 16.5 Å². The molecule has 21 heavy (non-hydrogen) atoms. The van der Waals surface area contributed by atoms with Crippen LogP contribution in [0.4, 0.5) is 5.69 Å². The molecule has 2 rings (SSSR count). The zero-order chi connectivity index (χ0) is 15.2. The summed E-state index contributed by atoms with van der Waals surface area (Å²) in [6.45, 7) is 0. The van der Waals surface area contributed by atoms with E-state index < -0.39 is 0 Å². The highest BCUT2D eigenvalue weighted by Gasteiger charge is 2.10. The van der Waals surface area contributed by atoms with Gasteiger partial charge in [-0.05, 0) is 42.7 Å². The minimum absolute atomic E-state index is 0.217. The van der Waals surface area contributed by atoms with Crippen molar-refractivity contribution in [3.05, 3.63) is 53.6 Å². The molecule has 0 atom stereocenters. The Hall–Kier alpha value is -2.45. The molecule has 0 aliphatic rings. The lowest BCUT2D eigenvalue weighted by Crippen LogP contribution is -2.12. The lowest BCUT2D eigenvalue weighted by molar-refractivity contribution is 0.102. The van der Waals surface area contributed by atoms with Crippen molar-refractivity contribution in [3.8, 4) is 11.8 Å². The quantitative estimate of drug-likeness (QED) is 0.877. The summed E-state index contributed by atoms with van der Waals surface area (Å²) < 4.78 is 5.19. The molecule has 0 aliphatic heterocycles. The molecule has 0 aliphatic carbocycles. The fourth-order valence-corrected chi connectivity index (χ4v) is 2.21. The normalized spacial score (nSPS) is 9.76. The van der Waals surface area contributed by atoms with Crippen molar-refractivity contribution >= 4 is 23.4 Å². The van der Waals surface area contributed by atoms with Crippen LogP contribution < -0.4 is 10.1 Å². The van der Waals surface area contributed by atoms with Crippen molar-refractivity contribution in [3.63, 3.8) is 0 Å². The van der Waals surface area contributed by atoms with E-state index in [1.807, 2.05) is 24.5 Å². The van der Waals surface area contributed by atoms with Crippen LogP contribution in [0.1, 0.15) is 15.9 Å². The number of carbonyl (C=O) groups is 1. The molecule has 0 unspecified atom stereocenters. The van der Waals surface area contributed by atoms with E-state index in [2.05, 4.69) is 5.32 Å². The molecule has 4 nitrogen and oxygen atoms in total. The van der Waals surface area contributed by atoms with Gasteiger partial charge in [0.15, 0.2) is 0 Å². The molecule has 2 aromatic carbocycles. The number of ether oxygens (including phenoxy) is 1. The van der Waals surface area contributed by atoms with Gasteiger partial charge in [0.1, 0.15) is 5.75 Å². The maximum absolute atomic E-state index is 12.2. The Morgan fingerprint density at radius 1 is 1.24 bits per heavy atom. The molecule has 0 heterocycles. The number of benzene rings is 2. The van der Waals surface area contributed by atoms with E-state index in [9.17, 15) is 4.79 Å². The van der Waals surface area contributed by atoms with Gasteiger partial charge in [-0.2, -0.15) is 5.26 Å². The molecule has 1 N–H and O–H groups in total. The van der Waals surface area contributed by atoms with Crippen LogP contribution in [0, 0.1) is 11.3 Å². The van der Waals surface area contributed by atoms with Crippen LogP contribution in [-0.4, -0.2) is 19.3 Å². The number of thioether (sulfide) groups is 1. The van der Waals surface area contributed by atoms with Crippen molar-refractivity contribution in [2.75, 3.05) is 18.7 Å². The molecule has 0 saturated heterocycles. The molecule has 2 aromatic rings. The van der Waals surface area contributed by atoms with Gasteiger partial charge >= 0.3 is 0 Å². The monoisotopic (exact) mass is 298 g/mol. The molecule has 0 aromatic heterocycles. The maximum Gasteiger partial charge on any atom is 0.255 e. The third-order valence-electron chi connectivity index (χ3n) is 2.93. The number of hydrogen-bond donors (Lipinski definition) is 1. The lowest BCUT2D eigenvalue weighted by atomic mass is 10.1. The molecule has 0 saturated carbocycles. The predicted molar refractivity (Wildman–Crippen MR) is 83.9 cm³/mol. The van der Waals surface area contributed by atoms with Crippen LogP contribution >= 0.6 is 11.8 Å². The first-order valence-electron chi connectivity index (χ1n) is 6.21. The number of nitriles is 1. The summed E-state index contributed by atoms with van der Waals surface area (Å²) in [5.41, 5.74) is 1.59. The fraction of sp³-hybridized carbons (Fsp3) is 0.125. The number of methoxy groups -OCH3 is 1. The highest BCUT2D eigenvalue weighted by molar-refractivity contribution is 7.98. The average Bonchev–Trinajstić information content (AvgIpc) is 2.55. The number of nitrogens with one attached hydrogen (secondary N) is 1. The van der Waals surface area contributed by atoms with E-state index >= 15 is 0 Å². The van der Waals surface area contributed by atoms with Gasteiger partial charge in [-0.3, -0.25) is 4.79 Å². The third kappa shape index (κ3) is 3.56. The average molecular weight is 298 g/mol. The molecular formula is C16H14N2O2S. The highest BCUT2D eigenvalue weighted by Crippen LogP contribution is 2.26. The number of nitrogens with zero attached hydrogens (tertiary/aromatic N) is 1. The van der Waals surface area contributed by atoms with Crippen LogP contribution in [0.25, 0.3) is 0 Å². The van der Waals surface area contributed by atoms with Crippen molar-refractivity contribution in [1.29, 1.82) is 5.26 Å². The second-order valence-electron chi connectivity index (χ2n) is 4.21. The minimum Gasteiger partial charge on any atom is -0.495 e. The van der Waals surface area contributed by atoms with Gasteiger partial charge in [0.25, 0.3) is 5.91 Å². The molecule has 5 heteroatoms. The van der Waals surface area contributed by atoms with Crippen molar-refractivity contribution in [2.45, 2.75) is 4.90 Å². The fourth-order valence-electron chi connectivity index (χ4n) is 1.80. The van der Waals surface area contributed by atoms with Gasteiger partial charge in [0.2, 0.25) is 0 Å². The molecule has 1 amide bonds. The van der Waals surface area contributed by atoms with E-state index in [-0.39, 0.29) is 5.91 Å². The van der Waals surface area contributed by atoms with E-state index in [1.54, 1.807) is 42.1 Å². The number of rotatable bonds is 4. The van der Waals surface area contributed by atoms with E-state index in [4.69, 9.17) is 10.00 Å². The molecule has 0 spiro atoms. The van der Waals surface area contributed by atoms with Crippen molar-refractivity contribution < 1.29 is 9.53 Å². The Bertz CT molecular complexity index is 690. The predicted octanol–water partition coefficient (Wildman–Crippen LogP) is 3.54. The summed E-state index contributed by atoms with van der Waals surface area (Å²) in [5.74, 6) is 0.244. The summed E-state index contributed by atoms with van der Waals surface area (Å²) in [6.07, 6.45) is 1.98. The lowest BCUT2D eigenvalue weighted by Gasteiger charge is -2.10. The van der Waals surface area contributed by atoms with Gasteiger partial charge in [-0.15, -0.1) is 11.8 Å². The first-order valence-corrected chi connectivity index (χ1v) is 7.44. The molecule has 0 bridgehead atoms. The molecule has 106 valence electrons. The third-order valence-corrected chi connectivity index (χ3v) is 3.67. The minimum atomic E-state index is -0.217. The molecule has 0 fully saturated rings. The van der Waals surface area contributed by atoms with Crippen LogP contribution in [0.5, 0.6) is 5.75 Å². The summed E-state index contributed by atoms with van der Waals surface area (Å²) in [6, 6.07) is 14.3. The highest BCUT2D eigenvalue weighted by atomic mass is 32.2. The Labute approximate surface area is 127 Å². The smallest absolute Gasteiger partial charge is 0.255 e. The summed E-state index contributed by atoms with van der Waals surface area (Å²) in [5, 5.41) is 11.6.